The maximum Gasteiger partial charge on any atom is 0.419 e. The average molecular weight is 310 g/mol. The molecule has 0 aliphatic rings. The molecule has 1 aromatic carbocycles. The number of carbonyl (C=O) groups is 2. The summed E-state index contributed by atoms with van der Waals surface area (Å²) >= 11 is 0. The molecule has 116 valence electrons. The average Bonchev–Trinajstić information content (AvgIpc) is 2.36. The summed E-state index contributed by atoms with van der Waals surface area (Å²) in [5.41, 5.74) is -1.89. The highest BCUT2D eigenvalue weighted by molar-refractivity contribution is 5.89. The fourth-order valence-electron chi connectivity index (χ4n) is 1.27. The van der Waals surface area contributed by atoms with Crippen molar-refractivity contribution in [3.8, 4) is 0 Å². The Labute approximate surface area is 115 Å². The highest BCUT2D eigenvalue weighted by Crippen LogP contribution is 2.32. The summed E-state index contributed by atoms with van der Waals surface area (Å²) in [5.74, 6) is -3.06. The number of alkyl halides is 3. The van der Waals surface area contributed by atoms with E-state index in [1.165, 1.54) is 0 Å². The zero-order valence-electron chi connectivity index (χ0n) is 10.2. The lowest BCUT2D eigenvalue weighted by atomic mass is 10.2. The Morgan fingerprint density at radius 1 is 1.29 bits per heavy atom. The molecule has 1 atom stereocenters. The van der Waals surface area contributed by atoms with E-state index in [0.29, 0.717) is 12.1 Å². The molecule has 0 aliphatic carbocycles. The second-order valence-corrected chi connectivity index (χ2v) is 3.88. The van der Waals surface area contributed by atoms with Crippen molar-refractivity contribution in [2.24, 2.45) is 0 Å². The summed E-state index contributed by atoms with van der Waals surface area (Å²) in [6.45, 7) is -0.644. The SMILES string of the molecule is O=C(NC[C@H](O)C(=O)O)Nc1ccc(F)c(C(F)(F)F)c1. The number of carboxylic acid groups (broad SMARTS) is 1. The van der Waals surface area contributed by atoms with Gasteiger partial charge in [-0.15, -0.1) is 0 Å². The predicted molar refractivity (Wildman–Crippen MR) is 62.1 cm³/mol. The normalized spacial score (nSPS) is 12.6. The highest BCUT2D eigenvalue weighted by Gasteiger charge is 2.34. The van der Waals surface area contributed by atoms with E-state index < -0.39 is 42.2 Å². The molecule has 6 nitrogen and oxygen atoms in total. The zero-order valence-corrected chi connectivity index (χ0v) is 10.2. The molecule has 21 heavy (non-hydrogen) atoms. The topological polar surface area (TPSA) is 98.7 Å². The third-order valence-corrected chi connectivity index (χ3v) is 2.27. The van der Waals surface area contributed by atoms with Crippen molar-refractivity contribution in [2.45, 2.75) is 12.3 Å². The number of halogens is 4. The van der Waals surface area contributed by atoms with Gasteiger partial charge in [-0.25, -0.2) is 14.0 Å². The van der Waals surface area contributed by atoms with Crippen molar-refractivity contribution in [1.82, 2.24) is 5.32 Å². The lowest BCUT2D eigenvalue weighted by Gasteiger charge is -2.12. The Hall–Kier alpha value is -2.36. The van der Waals surface area contributed by atoms with Crippen LogP contribution in [0, 0.1) is 5.82 Å². The lowest BCUT2D eigenvalue weighted by molar-refractivity contribution is -0.146. The largest absolute Gasteiger partial charge is 0.479 e. The zero-order chi connectivity index (χ0) is 16.2. The van der Waals surface area contributed by atoms with Crippen molar-refractivity contribution in [3.05, 3.63) is 29.6 Å². The fraction of sp³-hybridized carbons (Fsp3) is 0.273. The van der Waals surface area contributed by atoms with Gasteiger partial charge in [0.1, 0.15) is 5.82 Å². The van der Waals surface area contributed by atoms with Crippen LogP contribution in [-0.2, 0) is 11.0 Å². The quantitative estimate of drug-likeness (QED) is 0.632. The van der Waals surface area contributed by atoms with Crippen molar-refractivity contribution < 1.29 is 37.4 Å². The Morgan fingerprint density at radius 2 is 1.90 bits per heavy atom. The molecule has 2 amide bonds. The molecule has 4 N–H and O–H groups in total. The molecule has 10 heteroatoms. The van der Waals surface area contributed by atoms with Gasteiger partial charge < -0.3 is 20.8 Å². The number of carbonyl (C=O) groups excluding carboxylic acids is 1. The van der Waals surface area contributed by atoms with Crippen LogP contribution in [0.1, 0.15) is 5.56 Å². The first-order valence-corrected chi connectivity index (χ1v) is 5.43. The van der Waals surface area contributed by atoms with E-state index in [1.807, 2.05) is 10.6 Å². The third-order valence-electron chi connectivity index (χ3n) is 2.27. The van der Waals surface area contributed by atoms with Gasteiger partial charge in [-0.1, -0.05) is 0 Å². The molecule has 0 bridgehead atoms. The summed E-state index contributed by atoms with van der Waals surface area (Å²) in [5, 5.41) is 21.1. The van der Waals surface area contributed by atoms with Gasteiger partial charge in [0.05, 0.1) is 12.1 Å². The Kier molecular flexibility index (Phi) is 5.08. The molecule has 0 saturated carbocycles. The minimum atomic E-state index is -4.92. The number of hydrogen-bond donors (Lipinski definition) is 4. The number of aliphatic hydroxyl groups is 1. The fourth-order valence-corrected chi connectivity index (χ4v) is 1.27. The summed E-state index contributed by atoms with van der Waals surface area (Å²) in [7, 11) is 0. The monoisotopic (exact) mass is 310 g/mol. The number of aliphatic carboxylic acids is 1. The van der Waals surface area contributed by atoms with Crippen LogP contribution < -0.4 is 10.6 Å². The number of amides is 2. The molecular weight excluding hydrogens is 300 g/mol. The lowest BCUT2D eigenvalue weighted by Crippen LogP contribution is -2.38. The predicted octanol–water partition coefficient (Wildman–Crippen LogP) is 1.41. The first-order chi connectivity index (χ1) is 9.61. The maximum atomic E-state index is 13.0. The maximum absolute atomic E-state index is 13.0. The third kappa shape index (κ3) is 4.91. The standard InChI is InChI=1S/C11H10F4N2O4/c12-7-2-1-5(3-6(7)11(13,14)15)17-10(21)16-4-8(18)9(19)20/h1-3,8,18H,4H2,(H,19,20)(H2,16,17,21)/t8-/m0/s1. The van der Waals surface area contributed by atoms with Crippen LogP contribution in [0.5, 0.6) is 0 Å². The minimum absolute atomic E-state index is 0.342. The number of aliphatic hydroxyl groups excluding tert-OH is 1. The van der Waals surface area contributed by atoms with Gasteiger partial charge in [0.2, 0.25) is 0 Å². The molecule has 1 aromatic rings. The van der Waals surface area contributed by atoms with Gasteiger partial charge in [0, 0.05) is 5.69 Å². The number of rotatable bonds is 4. The number of carboxylic acids is 1. The molecule has 0 spiro atoms. The summed E-state index contributed by atoms with van der Waals surface area (Å²) in [4.78, 5) is 21.6. The number of anilines is 1. The van der Waals surface area contributed by atoms with E-state index in [-0.39, 0.29) is 5.69 Å². The first kappa shape index (κ1) is 16.7. The summed E-state index contributed by atoms with van der Waals surface area (Å²) < 4.78 is 50.3. The van der Waals surface area contributed by atoms with Crippen LogP contribution in [0.25, 0.3) is 0 Å². The van der Waals surface area contributed by atoms with Crippen molar-refractivity contribution in [3.63, 3.8) is 0 Å². The van der Waals surface area contributed by atoms with Gasteiger partial charge in [0.15, 0.2) is 6.10 Å². The van der Waals surface area contributed by atoms with E-state index >= 15 is 0 Å². The summed E-state index contributed by atoms with van der Waals surface area (Å²) in [6.07, 6.45) is -6.77. The smallest absolute Gasteiger partial charge is 0.419 e. The van der Waals surface area contributed by atoms with Gasteiger partial charge in [-0.2, -0.15) is 13.2 Å². The molecule has 0 aliphatic heterocycles. The molecule has 1 rings (SSSR count). The Balaban J connectivity index is 2.71. The van der Waals surface area contributed by atoms with Crippen molar-refractivity contribution >= 4 is 17.7 Å². The van der Waals surface area contributed by atoms with Gasteiger partial charge in [-0.05, 0) is 18.2 Å². The molecule has 0 radical (unpaired) electrons. The van der Waals surface area contributed by atoms with Crippen molar-refractivity contribution in [1.29, 1.82) is 0 Å². The van der Waals surface area contributed by atoms with Crippen LogP contribution in [-0.4, -0.2) is 34.9 Å². The Bertz CT molecular complexity index is 548. The van der Waals surface area contributed by atoms with E-state index in [2.05, 4.69) is 0 Å². The van der Waals surface area contributed by atoms with Crippen LogP contribution in [0.4, 0.5) is 28.0 Å². The molecular formula is C11H10F4N2O4. The second-order valence-electron chi connectivity index (χ2n) is 3.88. The van der Waals surface area contributed by atoms with Crippen molar-refractivity contribution in [2.75, 3.05) is 11.9 Å². The molecule has 0 saturated heterocycles. The van der Waals surface area contributed by atoms with Crippen LogP contribution in [0.15, 0.2) is 18.2 Å². The number of urea groups is 1. The van der Waals surface area contributed by atoms with E-state index in [1.54, 1.807) is 0 Å². The highest BCUT2D eigenvalue weighted by atomic mass is 19.4. The van der Waals surface area contributed by atoms with Crippen LogP contribution in [0.3, 0.4) is 0 Å². The molecule has 0 aromatic heterocycles. The number of benzene rings is 1. The number of hydrogen-bond acceptors (Lipinski definition) is 3. The number of nitrogens with one attached hydrogen (secondary N) is 2. The van der Waals surface area contributed by atoms with E-state index in [4.69, 9.17) is 10.2 Å². The minimum Gasteiger partial charge on any atom is -0.479 e. The van der Waals surface area contributed by atoms with Gasteiger partial charge in [0.25, 0.3) is 0 Å². The van der Waals surface area contributed by atoms with Crippen LogP contribution >= 0.6 is 0 Å². The second kappa shape index (κ2) is 6.39. The van der Waals surface area contributed by atoms with Crippen LogP contribution in [0.2, 0.25) is 0 Å². The van der Waals surface area contributed by atoms with Gasteiger partial charge >= 0.3 is 18.2 Å². The van der Waals surface area contributed by atoms with Gasteiger partial charge in [-0.3, -0.25) is 0 Å². The molecule has 0 unspecified atom stereocenters. The van der Waals surface area contributed by atoms with E-state index in [9.17, 15) is 27.2 Å². The summed E-state index contributed by atoms with van der Waals surface area (Å²) in [6, 6.07) is 0.778. The van der Waals surface area contributed by atoms with E-state index in [0.717, 1.165) is 6.07 Å². The first-order valence-electron chi connectivity index (χ1n) is 5.43. The Morgan fingerprint density at radius 3 is 2.43 bits per heavy atom. The molecule has 0 heterocycles. The molecule has 0 fully saturated rings.